The van der Waals surface area contributed by atoms with Crippen LogP contribution in [0.15, 0.2) is 42.6 Å². The molecule has 2 N–H and O–H groups in total. The number of hydrogen-bond acceptors (Lipinski definition) is 3. The topological polar surface area (TPSA) is 74.8 Å². The van der Waals surface area contributed by atoms with Gasteiger partial charge >= 0.3 is 6.18 Å². The highest BCUT2D eigenvalue weighted by Gasteiger charge is 2.25. The largest absolute Gasteiger partial charge is 0.446 e. The van der Waals surface area contributed by atoms with Crippen molar-refractivity contribution >= 4 is 12.2 Å². The second kappa shape index (κ2) is 8.44. The molecule has 1 amide bonds. The number of carbonyl (C=O) groups is 2. The van der Waals surface area contributed by atoms with Gasteiger partial charge in [0.1, 0.15) is 0 Å². The van der Waals surface area contributed by atoms with Gasteiger partial charge in [-0.05, 0) is 30.3 Å². The molecule has 0 saturated carbocycles. The number of pyridine rings is 1. The summed E-state index contributed by atoms with van der Waals surface area (Å²) in [6.45, 7) is 0.599. The van der Waals surface area contributed by atoms with Crippen molar-refractivity contribution in [3.05, 3.63) is 65.5 Å². The van der Waals surface area contributed by atoms with Gasteiger partial charge in [-0.15, -0.1) is 0 Å². The summed E-state index contributed by atoms with van der Waals surface area (Å²) >= 11 is 0. The average molecular weight is 423 g/mol. The SMILES string of the molecule is O=C1NCCc2[nH]c(-c3ccnc(-c4cccc(F)c4F)c3)cc21.O=CC(F)(F)F. The second-order valence-electron chi connectivity index (χ2n) is 6.27. The predicted molar refractivity (Wildman–Crippen MR) is 97.5 cm³/mol. The summed E-state index contributed by atoms with van der Waals surface area (Å²) in [5.41, 5.74) is 3.44. The summed E-state index contributed by atoms with van der Waals surface area (Å²) in [7, 11) is 0. The summed E-state index contributed by atoms with van der Waals surface area (Å²) < 4.78 is 58.7. The van der Waals surface area contributed by atoms with Crippen LogP contribution >= 0.6 is 0 Å². The van der Waals surface area contributed by atoms with E-state index in [1.807, 2.05) is 0 Å². The lowest BCUT2D eigenvalue weighted by Crippen LogP contribution is -2.31. The highest BCUT2D eigenvalue weighted by Crippen LogP contribution is 2.28. The van der Waals surface area contributed by atoms with Crippen LogP contribution in [0.25, 0.3) is 22.5 Å². The zero-order valence-corrected chi connectivity index (χ0v) is 15.2. The fourth-order valence-corrected chi connectivity index (χ4v) is 2.90. The summed E-state index contributed by atoms with van der Waals surface area (Å²) in [5.74, 6) is -1.94. The number of benzene rings is 1. The maximum Gasteiger partial charge on any atom is 0.446 e. The first kappa shape index (κ1) is 21.2. The maximum absolute atomic E-state index is 14.0. The van der Waals surface area contributed by atoms with Gasteiger partial charge in [-0.2, -0.15) is 13.2 Å². The molecule has 0 bridgehead atoms. The van der Waals surface area contributed by atoms with Gasteiger partial charge in [0.15, 0.2) is 11.6 Å². The molecule has 1 aliphatic heterocycles. The molecule has 0 spiro atoms. The predicted octanol–water partition coefficient (Wildman–Crippen LogP) is 4.06. The first-order chi connectivity index (χ1) is 14.2. The molecule has 2 aromatic heterocycles. The third-order valence-electron chi connectivity index (χ3n) is 4.24. The highest BCUT2D eigenvalue weighted by atomic mass is 19.4. The van der Waals surface area contributed by atoms with E-state index in [1.54, 1.807) is 18.2 Å². The van der Waals surface area contributed by atoms with Crippen molar-refractivity contribution in [1.29, 1.82) is 0 Å². The molecule has 0 saturated heterocycles. The van der Waals surface area contributed by atoms with Crippen molar-refractivity contribution < 1.29 is 31.5 Å². The van der Waals surface area contributed by atoms with Crippen LogP contribution in [0.5, 0.6) is 0 Å². The van der Waals surface area contributed by atoms with E-state index in [-0.39, 0.29) is 11.5 Å². The Bertz CT molecular complexity index is 1090. The number of rotatable bonds is 2. The molecule has 30 heavy (non-hydrogen) atoms. The molecule has 0 radical (unpaired) electrons. The van der Waals surface area contributed by atoms with Crippen molar-refractivity contribution in [3.63, 3.8) is 0 Å². The standard InChI is InChI=1S/C18H13F2N3O.C2HF3O/c19-13-3-1-2-11(17(13)20)16-8-10(4-6-21-16)15-9-12-14(23-15)5-7-22-18(12)24;3-2(4,5)1-6/h1-4,6,8-9,23H,5,7H2,(H,22,24);1H. The molecule has 3 heterocycles. The van der Waals surface area contributed by atoms with E-state index in [2.05, 4.69) is 15.3 Å². The van der Waals surface area contributed by atoms with E-state index < -0.39 is 24.1 Å². The van der Waals surface area contributed by atoms with Crippen molar-refractivity contribution in [2.24, 2.45) is 0 Å². The fourth-order valence-electron chi connectivity index (χ4n) is 2.90. The van der Waals surface area contributed by atoms with Gasteiger partial charge in [0, 0.05) is 41.7 Å². The number of amides is 1. The molecule has 3 aromatic rings. The van der Waals surface area contributed by atoms with Crippen LogP contribution < -0.4 is 5.32 Å². The summed E-state index contributed by atoms with van der Waals surface area (Å²) in [4.78, 5) is 27.9. The summed E-state index contributed by atoms with van der Waals surface area (Å²) in [6.07, 6.45) is -3.43. The Labute approximate surface area is 166 Å². The van der Waals surface area contributed by atoms with Gasteiger partial charge in [-0.25, -0.2) is 8.78 Å². The number of carbonyl (C=O) groups excluding carboxylic acids is 2. The molecule has 1 aromatic carbocycles. The fraction of sp³-hybridized carbons (Fsp3) is 0.150. The molecule has 4 rings (SSSR count). The number of halogens is 5. The number of nitrogens with one attached hydrogen (secondary N) is 2. The van der Waals surface area contributed by atoms with Crippen LogP contribution in [0.2, 0.25) is 0 Å². The normalized spacial score (nSPS) is 13.0. The van der Waals surface area contributed by atoms with Gasteiger partial charge in [-0.1, -0.05) is 6.07 Å². The smallest absolute Gasteiger partial charge is 0.358 e. The third kappa shape index (κ3) is 4.70. The summed E-state index contributed by atoms with van der Waals surface area (Å²) in [6, 6.07) is 9.20. The Hall–Kier alpha value is -3.56. The second-order valence-corrected chi connectivity index (χ2v) is 6.27. The molecule has 0 unspecified atom stereocenters. The zero-order chi connectivity index (χ0) is 21.9. The number of H-pyrrole nitrogens is 1. The number of nitrogens with zero attached hydrogens (tertiary/aromatic N) is 1. The van der Waals surface area contributed by atoms with Crippen LogP contribution in [0, 0.1) is 11.6 Å². The number of aldehydes is 1. The van der Waals surface area contributed by atoms with Crippen LogP contribution in [-0.2, 0) is 11.2 Å². The minimum atomic E-state index is -4.64. The number of alkyl halides is 3. The molecular formula is C20H14F5N3O2. The Morgan fingerprint density at radius 3 is 2.47 bits per heavy atom. The van der Waals surface area contributed by atoms with E-state index in [1.165, 1.54) is 18.3 Å². The Balaban J connectivity index is 0.000000377. The van der Waals surface area contributed by atoms with E-state index >= 15 is 0 Å². The number of aromatic amines is 1. The molecule has 0 atom stereocenters. The van der Waals surface area contributed by atoms with E-state index in [4.69, 9.17) is 4.79 Å². The Kier molecular flexibility index (Phi) is 5.95. The Morgan fingerprint density at radius 2 is 1.80 bits per heavy atom. The Morgan fingerprint density at radius 1 is 1.07 bits per heavy atom. The van der Waals surface area contributed by atoms with Crippen LogP contribution in [0.4, 0.5) is 22.0 Å². The lowest BCUT2D eigenvalue weighted by atomic mass is 10.1. The molecule has 156 valence electrons. The van der Waals surface area contributed by atoms with Crippen molar-refractivity contribution in [1.82, 2.24) is 15.3 Å². The van der Waals surface area contributed by atoms with Gasteiger partial charge in [0.2, 0.25) is 6.29 Å². The molecule has 5 nitrogen and oxygen atoms in total. The van der Waals surface area contributed by atoms with Gasteiger partial charge < -0.3 is 10.3 Å². The van der Waals surface area contributed by atoms with Crippen molar-refractivity contribution in [2.75, 3.05) is 6.54 Å². The van der Waals surface area contributed by atoms with Crippen LogP contribution in [0.1, 0.15) is 16.1 Å². The third-order valence-corrected chi connectivity index (χ3v) is 4.24. The van der Waals surface area contributed by atoms with E-state index in [0.717, 1.165) is 29.4 Å². The number of hydrogen-bond donors (Lipinski definition) is 2. The molecule has 0 fully saturated rings. The maximum atomic E-state index is 14.0. The minimum Gasteiger partial charge on any atom is -0.358 e. The van der Waals surface area contributed by atoms with Gasteiger partial charge in [0.05, 0.1) is 11.3 Å². The first-order valence-corrected chi connectivity index (χ1v) is 8.63. The van der Waals surface area contributed by atoms with Crippen LogP contribution in [0.3, 0.4) is 0 Å². The molecular weight excluding hydrogens is 409 g/mol. The zero-order valence-electron chi connectivity index (χ0n) is 15.2. The molecule has 10 heteroatoms. The average Bonchev–Trinajstić information content (AvgIpc) is 3.16. The first-order valence-electron chi connectivity index (χ1n) is 8.63. The molecule has 0 aliphatic carbocycles. The van der Waals surface area contributed by atoms with E-state index in [9.17, 15) is 26.7 Å². The summed E-state index contributed by atoms with van der Waals surface area (Å²) in [5, 5.41) is 2.79. The minimum absolute atomic E-state index is 0.103. The lowest BCUT2D eigenvalue weighted by Gasteiger charge is -2.11. The quantitative estimate of drug-likeness (QED) is 0.482. The van der Waals surface area contributed by atoms with Crippen LogP contribution in [-0.4, -0.2) is 34.9 Å². The van der Waals surface area contributed by atoms with Gasteiger partial charge in [-0.3, -0.25) is 14.6 Å². The molecule has 1 aliphatic rings. The number of aromatic nitrogens is 2. The highest BCUT2D eigenvalue weighted by molar-refractivity contribution is 5.97. The van der Waals surface area contributed by atoms with Crippen molar-refractivity contribution in [3.8, 4) is 22.5 Å². The van der Waals surface area contributed by atoms with Crippen molar-refractivity contribution in [2.45, 2.75) is 12.6 Å². The lowest BCUT2D eigenvalue weighted by molar-refractivity contribution is -0.156. The monoisotopic (exact) mass is 423 g/mol. The van der Waals surface area contributed by atoms with E-state index in [0.29, 0.717) is 17.8 Å². The van der Waals surface area contributed by atoms with Gasteiger partial charge in [0.25, 0.3) is 5.91 Å². The number of fused-ring (bicyclic) bond motifs is 1.